The Kier molecular flexibility index (Phi) is 41.3. The van der Waals surface area contributed by atoms with Crippen LogP contribution in [0.2, 0.25) is 0 Å². The van der Waals surface area contributed by atoms with Crippen molar-refractivity contribution in [2.24, 2.45) is 11.8 Å². The minimum atomic E-state index is -0.116. The van der Waals surface area contributed by atoms with E-state index in [1.54, 1.807) is 0 Å². The van der Waals surface area contributed by atoms with Gasteiger partial charge in [0, 0.05) is 12.8 Å². The molecule has 338 valence electrons. The van der Waals surface area contributed by atoms with E-state index in [0.29, 0.717) is 44.4 Å². The lowest BCUT2D eigenvalue weighted by Gasteiger charge is -2.20. The second kappa shape index (κ2) is 42.5. The number of rotatable bonds is 44. The van der Waals surface area contributed by atoms with Crippen molar-refractivity contribution in [1.29, 1.82) is 0 Å². The maximum Gasteiger partial charge on any atom is 0.320 e. The molecule has 0 saturated heterocycles. The first-order valence-corrected chi connectivity index (χ1v) is 25.0. The monoisotopic (exact) mass is 808 g/mol. The van der Waals surface area contributed by atoms with E-state index < -0.39 is 0 Å². The zero-order valence-corrected chi connectivity index (χ0v) is 39.0. The Morgan fingerprint density at radius 1 is 0.404 bits per heavy atom. The fourth-order valence-corrected chi connectivity index (χ4v) is 7.94. The quantitative estimate of drug-likeness (QED) is 0.0344. The molecule has 0 fully saturated rings. The van der Waals surface area contributed by atoms with Gasteiger partial charge in [0.15, 0.2) is 0 Å². The molecule has 0 aliphatic rings. The van der Waals surface area contributed by atoms with Crippen LogP contribution in [0.3, 0.4) is 0 Å². The molecule has 0 aromatic rings. The van der Waals surface area contributed by atoms with Crippen molar-refractivity contribution in [2.45, 2.75) is 259 Å². The van der Waals surface area contributed by atoms with Gasteiger partial charge in [-0.3, -0.25) is 19.3 Å². The lowest BCUT2D eigenvalue weighted by atomic mass is 9.92. The van der Waals surface area contributed by atoms with Gasteiger partial charge in [-0.05, 0) is 76.8 Å². The molecule has 0 heterocycles. The molecule has 0 aliphatic carbocycles. The highest BCUT2D eigenvalue weighted by Crippen LogP contribution is 2.23. The number of hydrogen-bond donors (Lipinski definition) is 0. The molecule has 0 bridgehead atoms. The molecular formula is C50H97NO6. The van der Waals surface area contributed by atoms with Crippen molar-refractivity contribution in [3.8, 4) is 0 Å². The van der Waals surface area contributed by atoms with Gasteiger partial charge in [0.2, 0.25) is 0 Å². The predicted molar refractivity (Wildman–Crippen MR) is 242 cm³/mol. The first-order chi connectivity index (χ1) is 27.8. The van der Waals surface area contributed by atoms with Gasteiger partial charge in [-0.2, -0.15) is 0 Å². The highest BCUT2D eigenvalue weighted by atomic mass is 16.5. The number of nitrogens with zero attached hydrogens (tertiary/aromatic N) is 1. The van der Waals surface area contributed by atoms with Crippen molar-refractivity contribution in [3.05, 3.63) is 0 Å². The Balaban J connectivity index is 4.24. The molecule has 0 N–H and O–H groups in total. The number of carbonyl (C=O) groups excluding carboxylic acids is 3. The minimum absolute atomic E-state index is 0.0110. The standard InChI is InChI=1S/C50H97NO6/c1-7-12-24-32-45(33-25-13-8-2)40-42-55-48(52)38-30-22-18-16-20-28-36-47(57-50(54)44-51(6)11-5)37-29-21-17-19-23-31-39-49(53)56-43-41-46(34-26-14-9-3)35-27-15-10-4/h45-47H,7-44H2,1-6H3. The molecule has 0 atom stereocenters. The lowest BCUT2D eigenvalue weighted by Crippen LogP contribution is -2.30. The summed E-state index contributed by atoms with van der Waals surface area (Å²) in [6.45, 7) is 13.4. The Morgan fingerprint density at radius 2 is 0.737 bits per heavy atom. The zero-order valence-electron chi connectivity index (χ0n) is 39.0. The molecule has 0 amide bonds. The zero-order chi connectivity index (χ0) is 42.0. The molecule has 0 rings (SSSR count). The fourth-order valence-electron chi connectivity index (χ4n) is 7.94. The summed E-state index contributed by atoms with van der Waals surface area (Å²) in [4.78, 5) is 39.3. The van der Waals surface area contributed by atoms with Gasteiger partial charge in [0.1, 0.15) is 6.10 Å². The maximum atomic E-state index is 12.6. The lowest BCUT2D eigenvalue weighted by molar-refractivity contribution is -0.151. The summed E-state index contributed by atoms with van der Waals surface area (Å²) >= 11 is 0. The van der Waals surface area contributed by atoms with Gasteiger partial charge >= 0.3 is 17.9 Å². The number of unbranched alkanes of at least 4 members (excludes halogenated alkanes) is 18. The summed E-state index contributed by atoms with van der Waals surface area (Å²) in [5, 5.41) is 0. The van der Waals surface area contributed by atoms with E-state index in [1.165, 1.54) is 103 Å². The van der Waals surface area contributed by atoms with E-state index in [0.717, 1.165) is 109 Å². The number of carbonyl (C=O) groups is 3. The third-order valence-electron chi connectivity index (χ3n) is 12.0. The van der Waals surface area contributed by atoms with Gasteiger partial charge in [0.25, 0.3) is 0 Å². The van der Waals surface area contributed by atoms with Crippen LogP contribution in [0, 0.1) is 11.8 Å². The number of hydrogen-bond acceptors (Lipinski definition) is 7. The van der Waals surface area contributed by atoms with Crippen molar-refractivity contribution >= 4 is 17.9 Å². The molecule has 0 saturated carbocycles. The van der Waals surface area contributed by atoms with Gasteiger partial charge in [0.05, 0.1) is 19.8 Å². The van der Waals surface area contributed by atoms with E-state index >= 15 is 0 Å². The molecule has 0 spiro atoms. The fraction of sp³-hybridized carbons (Fsp3) is 0.940. The van der Waals surface area contributed by atoms with Crippen molar-refractivity contribution in [1.82, 2.24) is 4.90 Å². The Bertz CT molecular complexity index is 818. The molecule has 0 unspecified atom stereocenters. The summed E-state index contributed by atoms with van der Waals surface area (Å²) in [6.07, 6.45) is 38.4. The first-order valence-electron chi connectivity index (χ1n) is 25.0. The number of ether oxygens (including phenoxy) is 3. The average molecular weight is 808 g/mol. The van der Waals surface area contributed by atoms with Crippen LogP contribution in [0.15, 0.2) is 0 Å². The highest BCUT2D eigenvalue weighted by molar-refractivity contribution is 5.71. The van der Waals surface area contributed by atoms with Crippen LogP contribution in [0.5, 0.6) is 0 Å². The molecular weight excluding hydrogens is 711 g/mol. The van der Waals surface area contributed by atoms with Crippen LogP contribution in [0.25, 0.3) is 0 Å². The van der Waals surface area contributed by atoms with Gasteiger partial charge in [-0.1, -0.05) is 189 Å². The molecule has 7 nitrogen and oxygen atoms in total. The van der Waals surface area contributed by atoms with Crippen molar-refractivity contribution in [2.75, 3.05) is 33.4 Å². The number of likely N-dealkylation sites (N-methyl/N-ethyl adjacent to an activating group) is 1. The SMILES string of the molecule is CCCCCC(CCCCC)CCOC(=O)CCCCCCCCC(CCCCCCCCC(=O)OCCC(CCCCC)CCCCC)OC(=O)CN(C)CC. The van der Waals surface area contributed by atoms with E-state index in [1.807, 2.05) is 11.9 Å². The molecule has 57 heavy (non-hydrogen) atoms. The van der Waals surface area contributed by atoms with Gasteiger partial charge in [-0.15, -0.1) is 0 Å². The van der Waals surface area contributed by atoms with E-state index in [2.05, 4.69) is 34.6 Å². The molecule has 7 heteroatoms. The highest BCUT2D eigenvalue weighted by Gasteiger charge is 2.16. The predicted octanol–water partition coefficient (Wildman–Crippen LogP) is 14.5. The van der Waals surface area contributed by atoms with Gasteiger partial charge in [-0.25, -0.2) is 0 Å². The van der Waals surface area contributed by atoms with Crippen LogP contribution in [0.4, 0.5) is 0 Å². The van der Waals surface area contributed by atoms with Gasteiger partial charge < -0.3 is 14.2 Å². The van der Waals surface area contributed by atoms with Crippen molar-refractivity contribution in [3.63, 3.8) is 0 Å². The molecule has 0 radical (unpaired) electrons. The summed E-state index contributed by atoms with van der Waals surface area (Å²) in [6, 6.07) is 0. The summed E-state index contributed by atoms with van der Waals surface area (Å²) < 4.78 is 17.2. The first kappa shape index (κ1) is 55.4. The topological polar surface area (TPSA) is 82.1 Å². The third-order valence-corrected chi connectivity index (χ3v) is 12.0. The molecule has 0 aromatic carbocycles. The van der Waals surface area contributed by atoms with E-state index in [-0.39, 0.29) is 24.0 Å². The summed E-state index contributed by atoms with van der Waals surface area (Å²) in [5.74, 6) is 1.22. The summed E-state index contributed by atoms with van der Waals surface area (Å²) in [7, 11) is 1.95. The normalized spacial score (nSPS) is 11.7. The van der Waals surface area contributed by atoms with Crippen LogP contribution in [-0.2, 0) is 28.6 Å². The minimum Gasteiger partial charge on any atom is -0.466 e. The maximum absolute atomic E-state index is 12.6. The Morgan fingerprint density at radius 3 is 1.09 bits per heavy atom. The molecule has 0 aromatic heterocycles. The van der Waals surface area contributed by atoms with E-state index in [9.17, 15) is 14.4 Å². The number of esters is 3. The second-order valence-electron chi connectivity index (χ2n) is 17.5. The summed E-state index contributed by atoms with van der Waals surface area (Å²) in [5.41, 5.74) is 0. The van der Waals surface area contributed by atoms with Crippen LogP contribution in [-0.4, -0.2) is 62.3 Å². The largest absolute Gasteiger partial charge is 0.466 e. The van der Waals surface area contributed by atoms with Crippen LogP contribution in [0.1, 0.15) is 253 Å². The Labute approximate surface area is 354 Å². The van der Waals surface area contributed by atoms with E-state index in [4.69, 9.17) is 14.2 Å². The second-order valence-corrected chi connectivity index (χ2v) is 17.5. The smallest absolute Gasteiger partial charge is 0.320 e. The van der Waals surface area contributed by atoms with Crippen molar-refractivity contribution < 1.29 is 28.6 Å². The third kappa shape index (κ3) is 38.3. The average Bonchev–Trinajstić information content (AvgIpc) is 3.19. The Hall–Kier alpha value is -1.63. The van der Waals surface area contributed by atoms with Crippen LogP contribution < -0.4 is 0 Å². The molecule has 0 aliphatic heterocycles. The van der Waals surface area contributed by atoms with Crippen LogP contribution >= 0.6 is 0 Å².